The molecule has 1 aromatic carbocycles. The minimum Gasteiger partial charge on any atom is -0.478 e. The van der Waals surface area contributed by atoms with Crippen LogP contribution in [0, 0.1) is 5.41 Å². The van der Waals surface area contributed by atoms with Gasteiger partial charge in [0.15, 0.2) is 6.10 Å². The van der Waals surface area contributed by atoms with Gasteiger partial charge in [0.05, 0.1) is 5.69 Å². The molecule has 1 aliphatic rings. The number of hydrogen-bond donors (Lipinski definition) is 2. The Kier molecular flexibility index (Phi) is 4.66. The van der Waals surface area contributed by atoms with E-state index in [1.54, 1.807) is 6.07 Å². The van der Waals surface area contributed by atoms with Gasteiger partial charge in [0, 0.05) is 6.04 Å². The molecule has 2 unspecified atom stereocenters. The molecule has 0 aliphatic carbocycles. The first-order chi connectivity index (χ1) is 10.6. The Balaban J connectivity index is 2.48. The highest BCUT2D eigenvalue weighted by Crippen LogP contribution is 2.39. The van der Waals surface area contributed by atoms with Crippen molar-refractivity contribution in [3.05, 3.63) is 23.8 Å². The Hall–Kier alpha value is -2.08. The van der Waals surface area contributed by atoms with Gasteiger partial charge in [0.25, 0.3) is 5.91 Å². The monoisotopic (exact) mass is 319 g/mol. The summed E-state index contributed by atoms with van der Waals surface area (Å²) in [4.78, 5) is 25.3. The molecule has 1 heterocycles. The molecule has 0 radical (unpaired) electrons. The topological polar surface area (TPSA) is 98.7 Å². The van der Waals surface area contributed by atoms with Gasteiger partial charge < -0.3 is 16.2 Å². The number of hydrogen-bond acceptors (Lipinski definition) is 4. The Morgan fingerprint density at radius 1 is 1.39 bits per heavy atom. The molecule has 2 atom stereocenters. The number of rotatable bonds is 4. The minimum atomic E-state index is -0.594. The third kappa shape index (κ3) is 3.47. The smallest absolute Gasteiger partial charge is 0.268 e. The van der Waals surface area contributed by atoms with Gasteiger partial charge in [-0.2, -0.15) is 0 Å². The molecule has 4 N–H and O–H groups in total. The first kappa shape index (κ1) is 17.3. The summed E-state index contributed by atoms with van der Waals surface area (Å²) >= 11 is 0. The molecule has 23 heavy (non-hydrogen) atoms. The molecule has 0 bridgehead atoms. The highest BCUT2D eigenvalue weighted by atomic mass is 16.5. The predicted molar refractivity (Wildman–Crippen MR) is 89.1 cm³/mol. The molecule has 0 spiro atoms. The third-order valence-electron chi connectivity index (χ3n) is 4.06. The van der Waals surface area contributed by atoms with Crippen molar-refractivity contribution in [2.75, 3.05) is 11.4 Å². The first-order valence-electron chi connectivity index (χ1n) is 7.81. The number of primary amides is 1. The maximum Gasteiger partial charge on any atom is 0.268 e. The second-order valence-electron chi connectivity index (χ2n) is 6.98. The van der Waals surface area contributed by atoms with Gasteiger partial charge in [-0.25, -0.2) is 0 Å². The van der Waals surface area contributed by atoms with Crippen LogP contribution < -0.4 is 21.1 Å². The van der Waals surface area contributed by atoms with E-state index in [1.165, 1.54) is 4.90 Å². The van der Waals surface area contributed by atoms with Crippen LogP contribution in [-0.2, 0) is 9.59 Å². The van der Waals surface area contributed by atoms with E-state index in [2.05, 4.69) is 0 Å². The second-order valence-corrected chi connectivity index (χ2v) is 6.98. The zero-order valence-corrected chi connectivity index (χ0v) is 14.1. The van der Waals surface area contributed by atoms with Gasteiger partial charge in [-0.15, -0.1) is 0 Å². The fourth-order valence-electron chi connectivity index (χ4n) is 2.61. The average Bonchev–Trinajstić information content (AvgIpc) is 2.47. The van der Waals surface area contributed by atoms with Crippen LogP contribution in [0.5, 0.6) is 5.75 Å². The molecular formula is C17H25N3O3. The van der Waals surface area contributed by atoms with E-state index >= 15 is 0 Å². The molecule has 0 saturated heterocycles. The summed E-state index contributed by atoms with van der Waals surface area (Å²) in [6, 6.07) is 5.32. The Morgan fingerprint density at radius 2 is 2.04 bits per heavy atom. The Bertz CT molecular complexity index is 622. The largest absolute Gasteiger partial charge is 0.478 e. The first-order valence-corrected chi connectivity index (χ1v) is 7.81. The molecule has 0 saturated carbocycles. The molecule has 2 amide bonds. The Morgan fingerprint density at radius 3 is 2.57 bits per heavy atom. The van der Waals surface area contributed by atoms with Crippen LogP contribution in [-0.4, -0.2) is 24.5 Å². The number of amides is 2. The lowest BCUT2D eigenvalue weighted by Crippen LogP contribution is -2.49. The zero-order valence-electron chi connectivity index (χ0n) is 14.1. The van der Waals surface area contributed by atoms with Crippen LogP contribution in [0.3, 0.4) is 0 Å². The van der Waals surface area contributed by atoms with Crippen molar-refractivity contribution in [1.29, 1.82) is 0 Å². The van der Waals surface area contributed by atoms with Gasteiger partial charge >= 0.3 is 0 Å². The molecular weight excluding hydrogens is 294 g/mol. The number of fused-ring (bicyclic) bond motifs is 1. The maximum atomic E-state index is 12.5. The SMILES string of the molecule is CCC1Oc2ccc(C(N)C(C)(C)C)cc2N(CC(N)=O)C1=O. The summed E-state index contributed by atoms with van der Waals surface area (Å²) in [5.74, 6) is -0.241. The van der Waals surface area contributed by atoms with E-state index in [0.717, 1.165) is 5.56 Å². The third-order valence-corrected chi connectivity index (χ3v) is 4.06. The highest BCUT2D eigenvalue weighted by Gasteiger charge is 2.35. The summed E-state index contributed by atoms with van der Waals surface area (Å²) in [6.45, 7) is 7.84. The second kappa shape index (κ2) is 6.20. The predicted octanol–water partition coefficient (Wildman–Crippen LogP) is 1.72. The van der Waals surface area contributed by atoms with E-state index in [0.29, 0.717) is 17.9 Å². The Labute approximate surface area is 136 Å². The van der Waals surface area contributed by atoms with Crippen molar-refractivity contribution in [2.45, 2.75) is 46.3 Å². The molecule has 1 aliphatic heterocycles. The molecule has 6 heteroatoms. The summed E-state index contributed by atoms with van der Waals surface area (Å²) in [5, 5.41) is 0. The van der Waals surface area contributed by atoms with Gasteiger partial charge in [-0.05, 0) is 29.5 Å². The summed E-state index contributed by atoms with van der Waals surface area (Å²) in [5.41, 5.74) is 12.9. The van der Waals surface area contributed by atoms with Crippen LogP contribution >= 0.6 is 0 Å². The molecule has 2 rings (SSSR count). The maximum absolute atomic E-state index is 12.5. The number of carbonyl (C=O) groups is 2. The standard InChI is InChI=1S/C17H25N3O3/c1-5-12-16(22)20(9-14(18)21)11-8-10(6-7-13(11)23-12)15(19)17(2,3)4/h6-8,12,15H,5,9,19H2,1-4H3,(H2,18,21). The fraction of sp³-hybridized carbons (Fsp3) is 0.529. The van der Waals surface area contributed by atoms with Crippen molar-refractivity contribution in [1.82, 2.24) is 0 Å². The number of benzene rings is 1. The number of anilines is 1. The number of nitrogens with zero attached hydrogens (tertiary/aromatic N) is 1. The van der Waals surface area contributed by atoms with Crippen LogP contribution in [0.1, 0.15) is 45.7 Å². The van der Waals surface area contributed by atoms with Crippen molar-refractivity contribution >= 4 is 17.5 Å². The minimum absolute atomic E-state index is 0.131. The molecule has 126 valence electrons. The molecule has 0 fully saturated rings. The van der Waals surface area contributed by atoms with Gasteiger partial charge in [-0.3, -0.25) is 14.5 Å². The van der Waals surface area contributed by atoms with Crippen LogP contribution in [0.25, 0.3) is 0 Å². The van der Waals surface area contributed by atoms with E-state index in [-0.39, 0.29) is 23.9 Å². The van der Waals surface area contributed by atoms with E-state index < -0.39 is 12.0 Å². The average molecular weight is 319 g/mol. The zero-order chi connectivity index (χ0) is 17.4. The van der Waals surface area contributed by atoms with Crippen molar-refractivity contribution in [3.63, 3.8) is 0 Å². The van der Waals surface area contributed by atoms with Crippen LogP contribution in [0.2, 0.25) is 0 Å². The summed E-state index contributed by atoms with van der Waals surface area (Å²) < 4.78 is 5.74. The number of ether oxygens (including phenoxy) is 1. The summed E-state index contributed by atoms with van der Waals surface area (Å²) in [6.07, 6.45) is -0.0689. The highest BCUT2D eigenvalue weighted by molar-refractivity contribution is 6.03. The van der Waals surface area contributed by atoms with Crippen molar-refractivity contribution < 1.29 is 14.3 Å². The van der Waals surface area contributed by atoms with Gasteiger partial charge in [-0.1, -0.05) is 33.8 Å². The van der Waals surface area contributed by atoms with E-state index in [1.807, 2.05) is 39.8 Å². The quantitative estimate of drug-likeness (QED) is 0.882. The van der Waals surface area contributed by atoms with Gasteiger partial charge in [0.2, 0.25) is 5.91 Å². The molecule has 1 aromatic rings. The lowest BCUT2D eigenvalue weighted by Gasteiger charge is -2.35. The lowest BCUT2D eigenvalue weighted by molar-refractivity contribution is -0.128. The van der Waals surface area contributed by atoms with Crippen LogP contribution in [0.4, 0.5) is 5.69 Å². The fourth-order valence-corrected chi connectivity index (χ4v) is 2.61. The van der Waals surface area contributed by atoms with E-state index in [9.17, 15) is 9.59 Å². The van der Waals surface area contributed by atoms with Crippen LogP contribution in [0.15, 0.2) is 18.2 Å². The van der Waals surface area contributed by atoms with Gasteiger partial charge in [0.1, 0.15) is 12.3 Å². The number of nitrogens with two attached hydrogens (primary N) is 2. The molecule has 6 nitrogen and oxygen atoms in total. The summed E-state index contributed by atoms with van der Waals surface area (Å²) in [7, 11) is 0. The normalized spacial score (nSPS) is 19.1. The molecule has 0 aromatic heterocycles. The number of carbonyl (C=O) groups excluding carboxylic acids is 2. The lowest BCUT2D eigenvalue weighted by atomic mass is 9.83. The van der Waals surface area contributed by atoms with Crippen molar-refractivity contribution in [3.8, 4) is 5.75 Å². The van der Waals surface area contributed by atoms with Crippen molar-refractivity contribution in [2.24, 2.45) is 16.9 Å². The van der Waals surface area contributed by atoms with E-state index in [4.69, 9.17) is 16.2 Å².